The third kappa shape index (κ3) is 0.455. The lowest BCUT2D eigenvalue weighted by molar-refractivity contribution is 0.00617. The number of hydrogen-bond donors (Lipinski definition) is 0. The molecule has 0 radical (unpaired) electrons. The van der Waals surface area contributed by atoms with Crippen LogP contribution in [0.5, 0.6) is 0 Å². The Morgan fingerprint density at radius 1 is 1.67 bits per heavy atom. The molecular weight excluding hydrogens is 110 g/mol. The van der Waals surface area contributed by atoms with Gasteiger partial charge < -0.3 is 4.90 Å². The molecule has 1 aliphatic carbocycles. The van der Waals surface area contributed by atoms with Gasteiger partial charge in [0.1, 0.15) is 0 Å². The Labute approximate surface area is 56.4 Å². The van der Waals surface area contributed by atoms with Gasteiger partial charge in [0.25, 0.3) is 0 Å². The second-order valence-electron chi connectivity index (χ2n) is 3.03. The average molecular weight is 123 g/mol. The highest BCUT2D eigenvalue weighted by Gasteiger charge is 2.47. The van der Waals surface area contributed by atoms with Crippen molar-refractivity contribution in [2.45, 2.75) is 25.8 Å². The first-order valence-corrected chi connectivity index (χ1v) is 3.80. The van der Waals surface area contributed by atoms with Gasteiger partial charge in [-0.05, 0) is 19.8 Å². The highest BCUT2D eigenvalue weighted by atomic mass is 15.3. The largest absolute Gasteiger partial charge is 0.372 e. The van der Waals surface area contributed by atoms with Gasteiger partial charge in [-0.25, -0.2) is 0 Å². The lowest BCUT2D eigenvalue weighted by atomic mass is 9.69. The number of nitrogens with zero attached hydrogens (tertiary/aromatic N) is 1. The molecule has 50 valence electrons. The Morgan fingerprint density at radius 2 is 2.44 bits per heavy atom. The second-order valence-corrected chi connectivity index (χ2v) is 3.03. The molecule has 1 nitrogen and oxygen atoms in total. The number of hydrogen-bond acceptors (Lipinski definition) is 1. The SMILES string of the molecule is C=C1C2CCC2N1CC. The summed E-state index contributed by atoms with van der Waals surface area (Å²) in [7, 11) is 0. The van der Waals surface area contributed by atoms with E-state index in [0.717, 1.165) is 12.0 Å². The van der Waals surface area contributed by atoms with Crippen LogP contribution in [0.3, 0.4) is 0 Å². The van der Waals surface area contributed by atoms with Crippen LogP contribution < -0.4 is 0 Å². The van der Waals surface area contributed by atoms with Crippen molar-refractivity contribution in [3.05, 3.63) is 12.3 Å². The van der Waals surface area contributed by atoms with Crippen molar-refractivity contribution in [3.8, 4) is 0 Å². The van der Waals surface area contributed by atoms with Gasteiger partial charge in [0.2, 0.25) is 0 Å². The fraction of sp³-hybridized carbons (Fsp3) is 0.750. The fourth-order valence-corrected chi connectivity index (χ4v) is 2.03. The second kappa shape index (κ2) is 1.53. The van der Waals surface area contributed by atoms with Crippen molar-refractivity contribution < 1.29 is 0 Å². The highest BCUT2D eigenvalue weighted by Crippen LogP contribution is 2.48. The normalized spacial score (nSPS) is 39.2. The van der Waals surface area contributed by atoms with Crippen LogP contribution in [0.25, 0.3) is 0 Å². The number of likely N-dealkylation sites (tertiary alicyclic amines) is 1. The minimum Gasteiger partial charge on any atom is -0.372 e. The van der Waals surface area contributed by atoms with E-state index in [-0.39, 0.29) is 0 Å². The number of piperidine rings is 1. The first kappa shape index (κ1) is 5.33. The van der Waals surface area contributed by atoms with Gasteiger partial charge in [-0.3, -0.25) is 0 Å². The molecule has 0 amide bonds. The first-order chi connectivity index (χ1) is 4.34. The van der Waals surface area contributed by atoms with Crippen LogP contribution in [0.2, 0.25) is 0 Å². The van der Waals surface area contributed by atoms with E-state index in [0.29, 0.717) is 0 Å². The van der Waals surface area contributed by atoms with Crippen molar-refractivity contribution in [1.29, 1.82) is 0 Å². The minimum absolute atomic E-state index is 0.893. The summed E-state index contributed by atoms with van der Waals surface area (Å²) in [5.41, 5.74) is 1.40. The topological polar surface area (TPSA) is 3.24 Å². The predicted octanol–water partition coefficient (Wildman–Crippen LogP) is 1.61. The van der Waals surface area contributed by atoms with Crippen LogP contribution in [0.4, 0.5) is 0 Å². The van der Waals surface area contributed by atoms with Gasteiger partial charge in [0.05, 0.1) is 0 Å². The van der Waals surface area contributed by atoms with Gasteiger partial charge in [0, 0.05) is 24.2 Å². The molecule has 0 spiro atoms. The molecule has 0 aromatic rings. The Hall–Kier alpha value is -0.460. The lowest BCUT2D eigenvalue weighted by Crippen LogP contribution is -2.59. The Kier molecular flexibility index (Phi) is 0.904. The van der Waals surface area contributed by atoms with Crippen molar-refractivity contribution in [2.75, 3.05) is 6.54 Å². The predicted molar refractivity (Wildman–Crippen MR) is 38.0 cm³/mol. The lowest BCUT2D eigenvalue weighted by Gasteiger charge is -2.58. The number of rotatable bonds is 1. The van der Waals surface area contributed by atoms with Crippen molar-refractivity contribution in [1.82, 2.24) is 4.90 Å². The van der Waals surface area contributed by atoms with Gasteiger partial charge >= 0.3 is 0 Å². The highest BCUT2D eigenvalue weighted by molar-refractivity contribution is 5.21. The van der Waals surface area contributed by atoms with E-state index in [9.17, 15) is 0 Å². The smallest absolute Gasteiger partial charge is 0.0369 e. The summed E-state index contributed by atoms with van der Waals surface area (Å²) in [4.78, 5) is 2.42. The molecule has 2 rings (SSSR count). The zero-order chi connectivity index (χ0) is 6.43. The Morgan fingerprint density at radius 3 is 2.67 bits per heavy atom. The molecule has 2 unspecified atom stereocenters. The third-order valence-corrected chi connectivity index (χ3v) is 2.78. The van der Waals surface area contributed by atoms with Crippen LogP contribution >= 0.6 is 0 Å². The molecule has 1 saturated heterocycles. The number of fused-ring (bicyclic) bond motifs is 1. The van der Waals surface area contributed by atoms with E-state index in [1.807, 2.05) is 0 Å². The molecule has 0 aromatic carbocycles. The summed E-state index contributed by atoms with van der Waals surface area (Å²) in [5.74, 6) is 0.893. The first-order valence-electron chi connectivity index (χ1n) is 3.80. The van der Waals surface area contributed by atoms with Crippen molar-refractivity contribution >= 4 is 0 Å². The fourth-order valence-electron chi connectivity index (χ4n) is 2.03. The summed E-state index contributed by atoms with van der Waals surface area (Å²) in [5, 5.41) is 0. The van der Waals surface area contributed by atoms with Crippen LogP contribution in [0, 0.1) is 5.92 Å². The molecule has 1 heteroatoms. The van der Waals surface area contributed by atoms with E-state index >= 15 is 0 Å². The molecule has 1 saturated carbocycles. The van der Waals surface area contributed by atoms with Crippen LogP contribution in [0.15, 0.2) is 12.3 Å². The van der Waals surface area contributed by atoms with Gasteiger partial charge in [-0.15, -0.1) is 0 Å². The van der Waals surface area contributed by atoms with E-state index in [2.05, 4.69) is 18.4 Å². The Balaban J connectivity index is 2.04. The van der Waals surface area contributed by atoms with Crippen LogP contribution in [-0.4, -0.2) is 17.5 Å². The molecular formula is C8H13N. The van der Waals surface area contributed by atoms with Gasteiger partial charge in [-0.2, -0.15) is 0 Å². The zero-order valence-corrected chi connectivity index (χ0v) is 5.93. The van der Waals surface area contributed by atoms with Crippen molar-refractivity contribution in [2.24, 2.45) is 5.92 Å². The summed E-state index contributed by atoms with van der Waals surface area (Å²) in [6.45, 7) is 7.40. The molecule has 0 bridgehead atoms. The maximum atomic E-state index is 4.02. The minimum atomic E-state index is 0.893. The Bertz CT molecular complexity index is 151. The third-order valence-electron chi connectivity index (χ3n) is 2.78. The molecule has 2 aliphatic rings. The standard InChI is InChI=1S/C8H13N/c1-3-9-6(2)7-4-5-8(7)9/h7-8H,2-5H2,1H3. The maximum Gasteiger partial charge on any atom is 0.0369 e. The van der Waals surface area contributed by atoms with E-state index in [1.165, 1.54) is 25.1 Å². The summed E-state index contributed by atoms with van der Waals surface area (Å²) < 4.78 is 0. The zero-order valence-electron chi connectivity index (χ0n) is 5.93. The van der Waals surface area contributed by atoms with Crippen molar-refractivity contribution in [3.63, 3.8) is 0 Å². The van der Waals surface area contributed by atoms with Crippen LogP contribution in [0.1, 0.15) is 19.8 Å². The molecule has 2 fully saturated rings. The monoisotopic (exact) mass is 123 g/mol. The average Bonchev–Trinajstić information content (AvgIpc) is 1.79. The summed E-state index contributed by atoms with van der Waals surface area (Å²) >= 11 is 0. The molecule has 1 aliphatic heterocycles. The molecule has 2 atom stereocenters. The van der Waals surface area contributed by atoms with Gasteiger partial charge in [0.15, 0.2) is 0 Å². The van der Waals surface area contributed by atoms with E-state index < -0.39 is 0 Å². The summed E-state index contributed by atoms with van der Waals surface area (Å²) in [6.07, 6.45) is 2.82. The van der Waals surface area contributed by atoms with E-state index in [1.54, 1.807) is 0 Å². The van der Waals surface area contributed by atoms with Crippen LogP contribution in [-0.2, 0) is 0 Å². The molecule has 9 heavy (non-hydrogen) atoms. The summed E-state index contributed by atoms with van der Waals surface area (Å²) in [6, 6.07) is 0.905. The molecule has 0 aromatic heterocycles. The molecule has 1 heterocycles. The molecule has 0 N–H and O–H groups in total. The maximum absolute atomic E-state index is 4.02. The van der Waals surface area contributed by atoms with E-state index in [4.69, 9.17) is 0 Å². The quantitative estimate of drug-likeness (QED) is 0.512. The van der Waals surface area contributed by atoms with Gasteiger partial charge in [-0.1, -0.05) is 6.58 Å².